The predicted molar refractivity (Wildman–Crippen MR) is 121 cm³/mol. The number of hydrogen-bond donors (Lipinski definition) is 0. The van der Waals surface area contributed by atoms with Crippen LogP contribution in [-0.4, -0.2) is 30.7 Å². The first-order valence-electron chi connectivity index (χ1n) is 10.2. The first-order chi connectivity index (χ1) is 14.0. The van der Waals surface area contributed by atoms with Crippen molar-refractivity contribution in [1.29, 1.82) is 0 Å². The van der Waals surface area contributed by atoms with E-state index in [4.69, 9.17) is 0 Å². The highest BCUT2D eigenvalue weighted by atomic mass is 32.2. The van der Waals surface area contributed by atoms with Gasteiger partial charge >= 0.3 is 0 Å². The van der Waals surface area contributed by atoms with Crippen LogP contribution in [0.5, 0.6) is 0 Å². The SMILES string of the molecule is CCSC1=C(c2ccc(C)c(C)c2)C(=O)N(c2ccc(N3CCCC3)cc2)C1=O. The first kappa shape index (κ1) is 19.8. The molecule has 2 aliphatic heterocycles. The molecule has 2 aromatic carbocycles. The lowest BCUT2D eigenvalue weighted by atomic mass is 10.0. The Bertz CT molecular complexity index is 988. The molecule has 4 nitrogen and oxygen atoms in total. The van der Waals surface area contributed by atoms with E-state index in [2.05, 4.69) is 4.90 Å². The molecule has 2 heterocycles. The average molecular weight is 407 g/mol. The minimum absolute atomic E-state index is 0.219. The van der Waals surface area contributed by atoms with Crippen LogP contribution in [0.3, 0.4) is 0 Å². The largest absolute Gasteiger partial charge is 0.372 e. The fraction of sp³-hybridized carbons (Fsp3) is 0.333. The zero-order chi connectivity index (χ0) is 20.5. The minimum Gasteiger partial charge on any atom is -0.372 e. The van der Waals surface area contributed by atoms with E-state index in [1.807, 2.05) is 63.2 Å². The van der Waals surface area contributed by atoms with Crippen molar-refractivity contribution in [3.8, 4) is 0 Å². The predicted octanol–water partition coefficient (Wildman–Crippen LogP) is 4.94. The fourth-order valence-electron chi connectivity index (χ4n) is 3.96. The normalized spacial score (nSPS) is 17.1. The average Bonchev–Trinajstić information content (AvgIpc) is 3.33. The zero-order valence-electron chi connectivity index (χ0n) is 17.2. The molecule has 0 N–H and O–H groups in total. The summed E-state index contributed by atoms with van der Waals surface area (Å²) >= 11 is 1.45. The second-order valence-electron chi connectivity index (χ2n) is 7.59. The third-order valence-electron chi connectivity index (χ3n) is 5.70. The van der Waals surface area contributed by atoms with Crippen LogP contribution in [-0.2, 0) is 9.59 Å². The molecule has 0 unspecified atom stereocenters. The summed E-state index contributed by atoms with van der Waals surface area (Å²) in [6.45, 7) is 8.21. The molecule has 1 saturated heterocycles. The van der Waals surface area contributed by atoms with Crippen LogP contribution < -0.4 is 9.80 Å². The van der Waals surface area contributed by atoms with E-state index in [9.17, 15) is 9.59 Å². The summed E-state index contributed by atoms with van der Waals surface area (Å²) in [4.78, 5) is 30.8. The van der Waals surface area contributed by atoms with Crippen molar-refractivity contribution in [2.24, 2.45) is 0 Å². The van der Waals surface area contributed by atoms with Crippen LogP contribution >= 0.6 is 11.8 Å². The molecule has 0 atom stereocenters. The zero-order valence-corrected chi connectivity index (χ0v) is 18.0. The Labute approximate surface area is 176 Å². The van der Waals surface area contributed by atoms with E-state index in [1.165, 1.54) is 35.1 Å². The lowest BCUT2D eigenvalue weighted by molar-refractivity contribution is -0.119. The summed E-state index contributed by atoms with van der Waals surface area (Å²) in [5.74, 6) is 0.289. The highest BCUT2D eigenvalue weighted by molar-refractivity contribution is 8.04. The van der Waals surface area contributed by atoms with Crippen molar-refractivity contribution in [2.45, 2.75) is 33.6 Å². The highest BCUT2D eigenvalue weighted by Crippen LogP contribution is 2.39. The van der Waals surface area contributed by atoms with E-state index in [0.717, 1.165) is 35.7 Å². The quantitative estimate of drug-likeness (QED) is 0.660. The molecule has 0 radical (unpaired) electrons. The summed E-state index contributed by atoms with van der Waals surface area (Å²) in [6.07, 6.45) is 2.43. The number of amides is 2. The Hall–Kier alpha value is -2.53. The number of aryl methyl sites for hydroxylation is 2. The summed E-state index contributed by atoms with van der Waals surface area (Å²) in [5.41, 5.74) is 5.41. The lowest BCUT2D eigenvalue weighted by Crippen LogP contribution is -2.31. The van der Waals surface area contributed by atoms with Gasteiger partial charge in [0.2, 0.25) is 0 Å². The van der Waals surface area contributed by atoms with Crippen LogP contribution in [0.25, 0.3) is 5.57 Å². The topological polar surface area (TPSA) is 40.6 Å². The van der Waals surface area contributed by atoms with Gasteiger partial charge in [-0.25, -0.2) is 4.90 Å². The van der Waals surface area contributed by atoms with E-state index >= 15 is 0 Å². The van der Waals surface area contributed by atoms with Crippen molar-refractivity contribution < 1.29 is 9.59 Å². The third-order valence-corrected chi connectivity index (χ3v) is 6.66. The van der Waals surface area contributed by atoms with Gasteiger partial charge in [-0.15, -0.1) is 11.8 Å². The van der Waals surface area contributed by atoms with Gasteiger partial charge in [-0.05, 0) is 73.4 Å². The standard InChI is InChI=1S/C24H26N2O2S/c1-4-29-22-21(18-8-7-16(2)17(3)15-18)23(27)26(24(22)28)20-11-9-19(10-12-20)25-13-5-6-14-25/h7-12,15H,4-6,13-14H2,1-3H3. The van der Waals surface area contributed by atoms with Gasteiger partial charge in [-0.3, -0.25) is 9.59 Å². The van der Waals surface area contributed by atoms with E-state index < -0.39 is 0 Å². The Morgan fingerprint density at radius 3 is 2.14 bits per heavy atom. The highest BCUT2D eigenvalue weighted by Gasteiger charge is 2.40. The van der Waals surface area contributed by atoms with E-state index in [1.54, 1.807) is 0 Å². The van der Waals surface area contributed by atoms with Crippen LogP contribution in [0.1, 0.15) is 36.5 Å². The van der Waals surface area contributed by atoms with Gasteiger partial charge in [0, 0.05) is 18.8 Å². The van der Waals surface area contributed by atoms with Crippen LogP contribution in [0.15, 0.2) is 47.4 Å². The molecular formula is C24H26N2O2S. The number of hydrogen-bond acceptors (Lipinski definition) is 4. The van der Waals surface area contributed by atoms with Gasteiger partial charge in [-0.2, -0.15) is 0 Å². The number of benzene rings is 2. The Kier molecular flexibility index (Phi) is 5.50. The molecule has 1 fully saturated rings. The van der Waals surface area contributed by atoms with Crippen LogP contribution in [0.2, 0.25) is 0 Å². The van der Waals surface area contributed by atoms with E-state index in [0.29, 0.717) is 16.2 Å². The molecule has 2 aromatic rings. The van der Waals surface area contributed by atoms with Gasteiger partial charge in [-0.1, -0.05) is 25.1 Å². The number of carbonyl (C=O) groups excluding carboxylic acids is 2. The second-order valence-corrected chi connectivity index (χ2v) is 8.87. The third kappa shape index (κ3) is 3.60. The number of anilines is 2. The summed E-state index contributed by atoms with van der Waals surface area (Å²) < 4.78 is 0. The minimum atomic E-state index is -0.233. The summed E-state index contributed by atoms with van der Waals surface area (Å²) in [7, 11) is 0. The molecule has 5 heteroatoms. The molecule has 150 valence electrons. The molecule has 29 heavy (non-hydrogen) atoms. The maximum Gasteiger partial charge on any atom is 0.272 e. The van der Waals surface area contributed by atoms with Crippen molar-refractivity contribution in [3.05, 3.63) is 64.1 Å². The molecule has 2 aliphatic rings. The monoisotopic (exact) mass is 406 g/mol. The number of thioether (sulfide) groups is 1. The van der Waals surface area contributed by atoms with Crippen molar-refractivity contribution in [1.82, 2.24) is 0 Å². The van der Waals surface area contributed by atoms with Gasteiger partial charge in [0.15, 0.2) is 0 Å². The second kappa shape index (κ2) is 8.07. The number of rotatable bonds is 5. The van der Waals surface area contributed by atoms with Gasteiger partial charge < -0.3 is 4.90 Å². The Morgan fingerprint density at radius 1 is 0.862 bits per heavy atom. The van der Waals surface area contributed by atoms with Gasteiger partial charge in [0.1, 0.15) is 0 Å². The summed E-state index contributed by atoms with van der Waals surface area (Å²) in [6, 6.07) is 13.8. The molecular weight excluding hydrogens is 380 g/mol. The van der Waals surface area contributed by atoms with Gasteiger partial charge in [0.25, 0.3) is 11.8 Å². The maximum absolute atomic E-state index is 13.4. The Morgan fingerprint density at radius 2 is 1.52 bits per heavy atom. The molecule has 0 aromatic heterocycles. The molecule has 4 rings (SSSR count). The first-order valence-corrected chi connectivity index (χ1v) is 11.2. The van der Waals surface area contributed by atoms with Crippen molar-refractivity contribution in [3.63, 3.8) is 0 Å². The van der Waals surface area contributed by atoms with Crippen LogP contribution in [0, 0.1) is 13.8 Å². The van der Waals surface area contributed by atoms with Crippen molar-refractivity contribution in [2.75, 3.05) is 28.6 Å². The summed E-state index contributed by atoms with van der Waals surface area (Å²) in [5, 5.41) is 0. The number of carbonyl (C=O) groups is 2. The lowest BCUT2D eigenvalue weighted by Gasteiger charge is -2.20. The smallest absolute Gasteiger partial charge is 0.272 e. The van der Waals surface area contributed by atoms with E-state index in [-0.39, 0.29) is 11.8 Å². The molecule has 0 aliphatic carbocycles. The Balaban J connectivity index is 1.69. The number of imide groups is 1. The molecule has 0 bridgehead atoms. The molecule has 2 amide bonds. The van der Waals surface area contributed by atoms with Crippen molar-refractivity contribution >= 4 is 40.5 Å². The fourth-order valence-corrected chi connectivity index (χ4v) is 4.81. The molecule has 0 saturated carbocycles. The number of nitrogens with zero attached hydrogens (tertiary/aromatic N) is 2. The van der Waals surface area contributed by atoms with Crippen LogP contribution in [0.4, 0.5) is 11.4 Å². The van der Waals surface area contributed by atoms with Gasteiger partial charge in [0.05, 0.1) is 16.2 Å². The molecule has 0 spiro atoms. The maximum atomic E-state index is 13.4.